The lowest BCUT2D eigenvalue weighted by atomic mass is 9.48. The van der Waals surface area contributed by atoms with Crippen LogP contribution in [0.2, 0.25) is 0 Å². The van der Waals surface area contributed by atoms with E-state index in [1.54, 1.807) is 0 Å². The van der Waals surface area contributed by atoms with Crippen LogP contribution in [-0.4, -0.2) is 24.1 Å². The van der Waals surface area contributed by atoms with Crippen molar-refractivity contribution in [3.8, 4) is 0 Å². The van der Waals surface area contributed by atoms with Gasteiger partial charge in [-0.3, -0.25) is 5.41 Å². The third-order valence-corrected chi connectivity index (χ3v) is 7.25. The van der Waals surface area contributed by atoms with Crippen LogP contribution < -0.4 is 10.6 Å². The molecule has 26 heavy (non-hydrogen) atoms. The molecule has 0 radical (unpaired) electrons. The molecule has 2 bridgehead atoms. The van der Waals surface area contributed by atoms with E-state index in [-0.39, 0.29) is 11.9 Å². The van der Waals surface area contributed by atoms with Gasteiger partial charge in [-0.05, 0) is 67.9 Å². The molecule has 1 aromatic rings. The van der Waals surface area contributed by atoms with Gasteiger partial charge < -0.3 is 10.6 Å². The Morgan fingerprint density at radius 3 is 2.69 bits per heavy atom. The molecule has 0 saturated heterocycles. The zero-order valence-corrected chi connectivity index (χ0v) is 16.1. The molecule has 3 unspecified atom stereocenters. The lowest BCUT2D eigenvalue weighted by molar-refractivity contribution is -0.156. The minimum Gasteiger partial charge on any atom is -0.384 e. The number of nitrogen functional groups attached to an aromatic ring is 1. The van der Waals surface area contributed by atoms with Crippen LogP contribution in [0.4, 0.5) is 10.1 Å². The molecule has 1 aromatic carbocycles. The van der Waals surface area contributed by atoms with Gasteiger partial charge in [0.2, 0.25) is 0 Å². The SMILES string of the molecule is CCCC1(C)CCC(CN(c2cccc(C(=N)N)c2)C2C3CC2(F)C3)C1. The van der Waals surface area contributed by atoms with Gasteiger partial charge >= 0.3 is 0 Å². The number of benzene rings is 1. The number of amidine groups is 1. The summed E-state index contributed by atoms with van der Waals surface area (Å²) in [6.45, 7) is 5.63. The second-order valence-corrected chi connectivity index (χ2v) is 9.43. The minimum atomic E-state index is -0.984. The largest absolute Gasteiger partial charge is 0.384 e. The van der Waals surface area contributed by atoms with E-state index in [0.717, 1.165) is 30.6 Å². The van der Waals surface area contributed by atoms with Crippen LogP contribution in [0, 0.1) is 22.7 Å². The highest BCUT2D eigenvalue weighted by Crippen LogP contribution is 2.63. The summed E-state index contributed by atoms with van der Waals surface area (Å²) in [7, 11) is 0. The number of hydrogen-bond acceptors (Lipinski definition) is 2. The van der Waals surface area contributed by atoms with Crippen molar-refractivity contribution in [2.75, 3.05) is 11.4 Å². The average molecular weight is 358 g/mol. The van der Waals surface area contributed by atoms with Crippen molar-refractivity contribution < 1.29 is 4.39 Å². The zero-order valence-electron chi connectivity index (χ0n) is 16.1. The fraction of sp³-hybridized carbons (Fsp3) is 0.682. The molecule has 4 saturated carbocycles. The Labute approximate surface area is 156 Å². The third-order valence-electron chi connectivity index (χ3n) is 7.25. The first-order valence-electron chi connectivity index (χ1n) is 10.2. The van der Waals surface area contributed by atoms with E-state index in [0.29, 0.717) is 17.3 Å². The highest BCUT2D eigenvalue weighted by Gasteiger charge is 2.69. The lowest BCUT2D eigenvalue weighted by Crippen LogP contribution is -2.75. The first kappa shape index (κ1) is 17.8. The van der Waals surface area contributed by atoms with Crippen LogP contribution in [0.1, 0.15) is 64.4 Å². The van der Waals surface area contributed by atoms with Gasteiger partial charge in [-0.15, -0.1) is 0 Å². The molecule has 142 valence electrons. The van der Waals surface area contributed by atoms with Crippen LogP contribution in [0.25, 0.3) is 0 Å². The molecule has 3 nitrogen and oxygen atoms in total. The van der Waals surface area contributed by atoms with Crippen LogP contribution in [-0.2, 0) is 0 Å². The van der Waals surface area contributed by atoms with Crippen LogP contribution in [0.3, 0.4) is 0 Å². The van der Waals surface area contributed by atoms with E-state index in [1.807, 2.05) is 18.2 Å². The van der Waals surface area contributed by atoms with Crippen molar-refractivity contribution in [1.29, 1.82) is 5.41 Å². The molecule has 0 aliphatic heterocycles. The summed E-state index contributed by atoms with van der Waals surface area (Å²) >= 11 is 0. The number of hydrogen-bond donors (Lipinski definition) is 2. The molecule has 4 fully saturated rings. The van der Waals surface area contributed by atoms with Gasteiger partial charge in [0, 0.05) is 17.8 Å². The topological polar surface area (TPSA) is 53.1 Å². The highest BCUT2D eigenvalue weighted by molar-refractivity contribution is 5.95. The summed E-state index contributed by atoms with van der Waals surface area (Å²) < 4.78 is 15.0. The lowest BCUT2D eigenvalue weighted by Gasteiger charge is -2.66. The highest BCUT2D eigenvalue weighted by atomic mass is 19.1. The Bertz CT molecular complexity index is 696. The van der Waals surface area contributed by atoms with Gasteiger partial charge in [-0.1, -0.05) is 32.4 Å². The molecule has 3 N–H and O–H groups in total. The molecular formula is C22H32FN3. The predicted molar refractivity (Wildman–Crippen MR) is 106 cm³/mol. The number of alkyl halides is 1. The second-order valence-electron chi connectivity index (χ2n) is 9.43. The van der Waals surface area contributed by atoms with Crippen molar-refractivity contribution in [3.05, 3.63) is 29.8 Å². The molecular weight excluding hydrogens is 325 g/mol. The molecule has 0 heterocycles. The maximum atomic E-state index is 15.0. The monoisotopic (exact) mass is 357 g/mol. The van der Waals surface area contributed by atoms with Crippen LogP contribution >= 0.6 is 0 Å². The Morgan fingerprint density at radius 1 is 1.35 bits per heavy atom. The van der Waals surface area contributed by atoms with E-state index in [2.05, 4.69) is 24.8 Å². The van der Waals surface area contributed by atoms with Gasteiger partial charge in [-0.25, -0.2) is 4.39 Å². The number of nitrogens with one attached hydrogen (secondary N) is 1. The van der Waals surface area contributed by atoms with E-state index >= 15 is 0 Å². The van der Waals surface area contributed by atoms with Gasteiger partial charge in [0.1, 0.15) is 11.5 Å². The molecule has 5 rings (SSSR count). The summed E-state index contributed by atoms with van der Waals surface area (Å²) in [6.07, 6.45) is 7.80. The van der Waals surface area contributed by atoms with E-state index in [4.69, 9.17) is 11.1 Å². The van der Waals surface area contributed by atoms with E-state index < -0.39 is 5.67 Å². The molecule has 4 aliphatic rings. The van der Waals surface area contributed by atoms with Gasteiger partial charge in [-0.2, -0.15) is 0 Å². The van der Waals surface area contributed by atoms with Crippen molar-refractivity contribution in [3.63, 3.8) is 0 Å². The first-order valence-corrected chi connectivity index (χ1v) is 10.2. The average Bonchev–Trinajstić information content (AvgIpc) is 2.93. The number of halogens is 1. The quantitative estimate of drug-likeness (QED) is 0.539. The van der Waals surface area contributed by atoms with E-state index in [9.17, 15) is 4.39 Å². The standard InChI is InChI=1S/C22H32FN3/c1-3-8-21(2)9-7-15(11-21)14-26(19-17-12-22(19,23)13-17)18-6-4-5-16(10-18)20(24)25/h4-6,10,15,17,19H,3,7-9,11-14H2,1-2H3,(H3,24,25). The molecule has 4 heteroatoms. The zero-order chi connectivity index (χ0) is 18.5. The molecule has 0 aromatic heterocycles. The predicted octanol–water partition coefficient (Wildman–Crippen LogP) is 4.88. The van der Waals surface area contributed by atoms with Gasteiger partial charge in [0.15, 0.2) is 0 Å². The maximum Gasteiger partial charge on any atom is 0.132 e. The summed E-state index contributed by atoms with van der Waals surface area (Å²) in [5.74, 6) is 1.22. The first-order chi connectivity index (χ1) is 12.3. The van der Waals surface area contributed by atoms with Crippen LogP contribution in [0.15, 0.2) is 24.3 Å². The maximum absolute atomic E-state index is 15.0. The Hall–Kier alpha value is -1.58. The number of nitrogens with zero attached hydrogens (tertiary/aromatic N) is 1. The van der Waals surface area contributed by atoms with Crippen LogP contribution in [0.5, 0.6) is 0 Å². The number of rotatable bonds is 7. The normalized spacial score (nSPS) is 37.7. The minimum absolute atomic E-state index is 0.0303. The van der Waals surface area contributed by atoms with Crippen molar-refractivity contribution in [2.24, 2.45) is 23.0 Å². The fourth-order valence-corrected chi connectivity index (χ4v) is 5.86. The Morgan fingerprint density at radius 2 is 2.12 bits per heavy atom. The third kappa shape index (κ3) is 2.91. The second kappa shape index (κ2) is 6.24. The number of anilines is 1. The summed E-state index contributed by atoms with van der Waals surface area (Å²) in [5.41, 5.74) is 6.94. The summed E-state index contributed by atoms with van der Waals surface area (Å²) in [4.78, 5) is 2.33. The molecule has 3 atom stereocenters. The summed E-state index contributed by atoms with van der Waals surface area (Å²) in [6, 6.07) is 7.88. The Balaban J connectivity index is 1.55. The van der Waals surface area contributed by atoms with Crippen molar-refractivity contribution >= 4 is 11.5 Å². The fourth-order valence-electron chi connectivity index (χ4n) is 5.86. The molecule has 0 spiro atoms. The summed E-state index contributed by atoms with van der Waals surface area (Å²) in [5, 5.41) is 7.73. The molecule has 4 aliphatic carbocycles. The van der Waals surface area contributed by atoms with Gasteiger partial charge in [0.05, 0.1) is 6.04 Å². The number of nitrogens with two attached hydrogens (primary N) is 1. The van der Waals surface area contributed by atoms with E-state index in [1.165, 1.54) is 32.1 Å². The van der Waals surface area contributed by atoms with Gasteiger partial charge in [0.25, 0.3) is 0 Å². The van der Waals surface area contributed by atoms with Crippen molar-refractivity contribution in [1.82, 2.24) is 0 Å². The smallest absolute Gasteiger partial charge is 0.132 e. The van der Waals surface area contributed by atoms with Crippen molar-refractivity contribution in [2.45, 2.75) is 70.5 Å². The molecule has 0 amide bonds. The Kier molecular flexibility index (Phi) is 4.28.